The molecule has 2 rings (SSSR count). The number of hydrogen-bond donors (Lipinski definition) is 3. The number of carbonyl (C=O) groups excluding carboxylic acids is 1. The summed E-state index contributed by atoms with van der Waals surface area (Å²) < 4.78 is 5.72. The Hall–Kier alpha value is -2.91. The maximum atomic E-state index is 11.6. The number of ether oxygens (including phenoxy) is 1. The average molecular weight is 391 g/mol. The number of carbonyl (C=O) groups is 1. The van der Waals surface area contributed by atoms with Gasteiger partial charge < -0.3 is 25.3 Å². The van der Waals surface area contributed by atoms with Gasteiger partial charge in [-0.25, -0.2) is 0 Å². The minimum atomic E-state index is -0.915. The Kier molecular flexibility index (Phi) is 8.44. The lowest BCUT2D eigenvalue weighted by Crippen LogP contribution is -2.37. The number of fused-ring (bicyclic) bond motifs is 1. The van der Waals surface area contributed by atoms with Gasteiger partial charge in [0.15, 0.2) is 0 Å². The Labute approximate surface area is 162 Å². The van der Waals surface area contributed by atoms with E-state index in [0.29, 0.717) is 19.6 Å². The molecule has 0 heterocycles. The number of aliphatic hydroxyl groups excluding tert-OH is 1. The van der Waals surface area contributed by atoms with Gasteiger partial charge >= 0.3 is 0 Å². The molecule has 28 heavy (non-hydrogen) atoms. The van der Waals surface area contributed by atoms with Crippen LogP contribution in [0, 0.1) is 10.1 Å². The zero-order chi connectivity index (χ0) is 20.4. The lowest BCUT2D eigenvalue weighted by atomic mass is 10.1. The highest BCUT2D eigenvalue weighted by Crippen LogP contribution is 2.25. The maximum Gasteiger partial charge on any atom is 0.294 e. The number of aliphatic hydroxyl groups is 1. The van der Waals surface area contributed by atoms with Gasteiger partial charge in [-0.3, -0.25) is 4.79 Å². The molecule has 0 radical (unpaired) electrons. The molecule has 152 valence electrons. The highest BCUT2D eigenvalue weighted by atomic mass is 17.0. The summed E-state index contributed by atoms with van der Waals surface area (Å²) in [6, 6.07) is 13.6. The number of nitrogens with zero attached hydrogens (tertiary/aromatic N) is 1. The van der Waals surface area contributed by atoms with Crippen molar-refractivity contribution < 1.29 is 24.6 Å². The number of rotatable bonds is 12. The Morgan fingerprint density at radius 2 is 1.96 bits per heavy atom. The van der Waals surface area contributed by atoms with Crippen LogP contribution in [0.1, 0.15) is 13.3 Å². The van der Waals surface area contributed by atoms with Crippen LogP contribution in [0.25, 0.3) is 10.8 Å². The SMILES string of the molecule is CC(CC(=O)NCCNCC(O)COc1cccc2ccccc12)O[N+](=O)[O-]. The normalized spacial score (nSPS) is 12.9. The van der Waals surface area contributed by atoms with E-state index in [1.165, 1.54) is 6.92 Å². The molecule has 0 saturated heterocycles. The molecule has 0 saturated carbocycles. The van der Waals surface area contributed by atoms with Gasteiger partial charge in [-0.15, -0.1) is 10.1 Å². The number of amides is 1. The standard InChI is InChI=1S/C19H25N3O6/c1-14(28-22(25)26)11-19(24)21-10-9-20-12-16(23)13-27-18-8-4-6-15-5-2-3-7-17(15)18/h2-8,14,16,20,23H,9-13H2,1H3,(H,21,24). The fourth-order valence-electron chi connectivity index (χ4n) is 2.64. The summed E-state index contributed by atoms with van der Waals surface area (Å²) in [5.41, 5.74) is 0. The molecule has 3 N–H and O–H groups in total. The molecule has 2 atom stereocenters. The van der Waals surface area contributed by atoms with Crippen LogP contribution in [0.3, 0.4) is 0 Å². The Balaban J connectivity index is 1.61. The van der Waals surface area contributed by atoms with Crippen LogP contribution in [0.5, 0.6) is 5.75 Å². The van der Waals surface area contributed by atoms with E-state index in [4.69, 9.17) is 4.74 Å². The van der Waals surface area contributed by atoms with E-state index in [0.717, 1.165) is 16.5 Å². The predicted molar refractivity (Wildman–Crippen MR) is 103 cm³/mol. The zero-order valence-corrected chi connectivity index (χ0v) is 15.7. The molecule has 2 aromatic rings. The summed E-state index contributed by atoms with van der Waals surface area (Å²) in [6.07, 6.45) is -1.60. The average Bonchev–Trinajstić information content (AvgIpc) is 2.65. The third kappa shape index (κ3) is 7.37. The molecule has 9 heteroatoms. The van der Waals surface area contributed by atoms with Crippen LogP contribution in [-0.4, -0.2) is 54.5 Å². The minimum absolute atomic E-state index is 0.0948. The first kappa shape index (κ1) is 21.4. The third-order valence-corrected chi connectivity index (χ3v) is 3.92. The summed E-state index contributed by atoms with van der Waals surface area (Å²) in [6.45, 7) is 2.68. The van der Waals surface area contributed by atoms with E-state index in [1.807, 2.05) is 42.5 Å². The fraction of sp³-hybridized carbons (Fsp3) is 0.421. The summed E-state index contributed by atoms with van der Waals surface area (Å²) in [4.78, 5) is 26.0. The third-order valence-electron chi connectivity index (χ3n) is 3.92. The molecular weight excluding hydrogens is 366 g/mol. The van der Waals surface area contributed by atoms with Crippen LogP contribution < -0.4 is 15.4 Å². The van der Waals surface area contributed by atoms with Gasteiger partial charge in [0, 0.05) is 25.0 Å². The second-order valence-corrected chi connectivity index (χ2v) is 6.34. The van der Waals surface area contributed by atoms with Crippen LogP contribution in [0.4, 0.5) is 0 Å². The van der Waals surface area contributed by atoms with E-state index >= 15 is 0 Å². The molecule has 0 bridgehead atoms. The molecule has 2 aromatic carbocycles. The minimum Gasteiger partial charge on any atom is -0.490 e. The van der Waals surface area contributed by atoms with Crippen molar-refractivity contribution in [1.82, 2.24) is 10.6 Å². The summed E-state index contributed by atoms with van der Waals surface area (Å²) >= 11 is 0. The summed E-state index contributed by atoms with van der Waals surface area (Å²) in [5.74, 6) is 0.381. The van der Waals surface area contributed by atoms with E-state index in [1.54, 1.807) is 0 Å². The first-order valence-corrected chi connectivity index (χ1v) is 9.03. The summed E-state index contributed by atoms with van der Waals surface area (Å²) in [7, 11) is 0. The first-order chi connectivity index (χ1) is 13.5. The van der Waals surface area contributed by atoms with Gasteiger partial charge in [0.1, 0.15) is 24.6 Å². The second-order valence-electron chi connectivity index (χ2n) is 6.34. The largest absolute Gasteiger partial charge is 0.490 e. The van der Waals surface area contributed by atoms with Gasteiger partial charge in [0.05, 0.1) is 6.42 Å². The summed E-state index contributed by atoms with van der Waals surface area (Å²) in [5, 5.41) is 27.0. The Morgan fingerprint density at radius 3 is 2.75 bits per heavy atom. The molecule has 9 nitrogen and oxygen atoms in total. The van der Waals surface area contributed by atoms with Crippen molar-refractivity contribution in [3.63, 3.8) is 0 Å². The lowest BCUT2D eigenvalue weighted by molar-refractivity contribution is -0.767. The monoisotopic (exact) mass is 391 g/mol. The molecule has 0 spiro atoms. The molecule has 0 fully saturated rings. The van der Waals surface area contributed by atoms with Crippen LogP contribution in [0.15, 0.2) is 42.5 Å². The van der Waals surface area contributed by atoms with E-state index in [-0.39, 0.29) is 18.9 Å². The molecular formula is C19H25N3O6. The van der Waals surface area contributed by atoms with E-state index < -0.39 is 17.3 Å². The van der Waals surface area contributed by atoms with Crippen molar-refractivity contribution >= 4 is 16.7 Å². The predicted octanol–water partition coefficient (Wildman–Crippen LogP) is 1.27. The van der Waals surface area contributed by atoms with Crippen molar-refractivity contribution in [2.45, 2.75) is 25.6 Å². The van der Waals surface area contributed by atoms with Crippen molar-refractivity contribution in [2.24, 2.45) is 0 Å². The number of nitrogens with one attached hydrogen (secondary N) is 2. The zero-order valence-electron chi connectivity index (χ0n) is 15.7. The van der Waals surface area contributed by atoms with Crippen LogP contribution in [-0.2, 0) is 9.63 Å². The second kappa shape index (κ2) is 11.1. The highest BCUT2D eigenvalue weighted by Gasteiger charge is 2.12. The van der Waals surface area contributed by atoms with Crippen molar-refractivity contribution in [3.8, 4) is 5.75 Å². The fourth-order valence-corrected chi connectivity index (χ4v) is 2.64. The van der Waals surface area contributed by atoms with Gasteiger partial charge in [-0.2, -0.15) is 0 Å². The Bertz CT molecular complexity index is 780. The first-order valence-electron chi connectivity index (χ1n) is 9.03. The molecule has 0 aliphatic heterocycles. The molecule has 1 amide bonds. The van der Waals surface area contributed by atoms with Gasteiger partial charge in [-0.05, 0) is 18.4 Å². The molecule has 0 aliphatic rings. The number of benzene rings is 2. The molecule has 0 aliphatic carbocycles. The van der Waals surface area contributed by atoms with E-state index in [2.05, 4.69) is 15.5 Å². The van der Waals surface area contributed by atoms with Crippen molar-refractivity contribution in [2.75, 3.05) is 26.2 Å². The van der Waals surface area contributed by atoms with Gasteiger partial charge in [0.2, 0.25) is 5.91 Å². The van der Waals surface area contributed by atoms with E-state index in [9.17, 15) is 20.0 Å². The van der Waals surface area contributed by atoms with Crippen LogP contribution in [0.2, 0.25) is 0 Å². The molecule has 0 aromatic heterocycles. The van der Waals surface area contributed by atoms with Gasteiger partial charge in [0.25, 0.3) is 5.09 Å². The maximum absolute atomic E-state index is 11.6. The molecule has 2 unspecified atom stereocenters. The topological polar surface area (TPSA) is 123 Å². The van der Waals surface area contributed by atoms with Crippen molar-refractivity contribution in [1.29, 1.82) is 0 Å². The van der Waals surface area contributed by atoms with Crippen molar-refractivity contribution in [3.05, 3.63) is 52.6 Å². The lowest BCUT2D eigenvalue weighted by Gasteiger charge is -2.15. The van der Waals surface area contributed by atoms with Gasteiger partial charge in [-0.1, -0.05) is 36.4 Å². The number of hydrogen-bond acceptors (Lipinski definition) is 7. The quantitative estimate of drug-likeness (QED) is 0.283. The van der Waals surface area contributed by atoms with Crippen LogP contribution >= 0.6 is 0 Å². The Morgan fingerprint density at radius 1 is 1.21 bits per heavy atom. The highest BCUT2D eigenvalue weighted by molar-refractivity contribution is 5.88. The smallest absolute Gasteiger partial charge is 0.294 e.